The van der Waals surface area contributed by atoms with Gasteiger partial charge in [0, 0.05) is 12.1 Å². The van der Waals surface area contributed by atoms with Gasteiger partial charge in [-0.2, -0.15) is 0 Å². The number of hydrogen-bond acceptors (Lipinski definition) is 4. The molecule has 28 heavy (non-hydrogen) atoms. The van der Waals surface area contributed by atoms with E-state index in [1.54, 1.807) is 0 Å². The van der Waals surface area contributed by atoms with Crippen LogP contribution in [0.4, 0.5) is 4.39 Å². The van der Waals surface area contributed by atoms with Crippen molar-refractivity contribution in [3.05, 3.63) is 59.4 Å². The summed E-state index contributed by atoms with van der Waals surface area (Å²) in [7, 11) is 0. The van der Waals surface area contributed by atoms with E-state index in [1.807, 2.05) is 25.1 Å². The van der Waals surface area contributed by atoms with Gasteiger partial charge in [-0.3, -0.25) is 14.5 Å². The number of hydrogen-bond donors (Lipinski definition) is 1. The predicted octanol–water partition coefficient (Wildman–Crippen LogP) is 4.32. The van der Waals surface area contributed by atoms with E-state index in [4.69, 9.17) is 0 Å². The Kier molecular flexibility index (Phi) is 5.17. The minimum atomic E-state index is -0.410. The third kappa shape index (κ3) is 3.80. The number of carbonyl (C=O) groups is 2. The van der Waals surface area contributed by atoms with Crippen LogP contribution in [0, 0.1) is 12.7 Å². The molecule has 0 radical (unpaired) electrons. The summed E-state index contributed by atoms with van der Waals surface area (Å²) in [5.41, 5.74) is 3.24. The van der Waals surface area contributed by atoms with Gasteiger partial charge in [0.25, 0.3) is 5.91 Å². The molecule has 7 heteroatoms. The van der Waals surface area contributed by atoms with Crippen molar-refractivity contribution in [3.8, 4) is 0 Å². The first-order chi connectivity index (χ1) is 13.5. The molecule has 1 saturated heterocycles. The highest BCUT2D eigenvalue weighted by Crippen LogP contribution is 2.30. The first kappa shape index (κ1) is 18.7. The van der Waals surface area contributed by atoms with Crippen molar-refractivity contribution in [2.75, 3.05) is 6.54 Å². The fraction of sp³-hybridized carbons (Fsp3) is 0.286. The molecule has 1 aliphatic heterocycles. The lowest BCUT2D eigenvalue weighted by atomic mass is 10.2. The maximum absolute atomic E-state index is 13.1. The standard InChI is InChI=1S/C21H20FN3O2S/c1-13-5-10-16-17(12-13)24-21(23-16)28-18-4-2-3-11-25(20(18)27)19(26)14-6-8-15(22)9-7-14/h5-10,12,18H,2-4,11H2,1H3,(H,23,24). The van der Waals surface area contributed by atoms with Crippen LogP contribution in [0.1, 0.15) is 35.2 Å². The van der Waals surface area contributed by atoms with Gasteiger partial charge < -0.3 is 4.98 Å². The lowest BCUT2D eigenvalue weighted by Gasteiger charge is -2.22. The Bertz CT molecular complexity index is 1030. The van der Waals surface area contributed by atoms with Gasteiger partial charge >= 0.3 is 0 Å². The first-order valence-electron chi connectivity index (χ1n) is 9.25. The maximum Gasteiger partial charge on any atom is 0.260 e. The van der Waals surface area contributed by atoms with E-state index in [9.17, 15) is 14.0 Å². The Morgan fingerprint density at radius 1 is 1.21 bits per heavy atom. The predicted molar refractivity (Wildman–Crippen MR) is 107 cm³/mol. The summed E-state index contributed by atoms with van der Waals surface area (Å²) in [5.74, 6) is -1.00. The van der Waals surface area contributed by atoms with Gasteiger partial charge in [-0.25, -0.2) is 9.37 Å². The lowest BCUT2D eigenvalue weighted by Crippen LogP contribution is -2.41. The second kappa shape index (κ2) is 7.75. The van der Waals surface area contributed by atoms with E-state index in [2.05, 4.69) is 9.97 Å². The smallest absolute Gasteiger partial charge is 0.260 e. The third-order valence-electron chi connectivity index (χ3n) is 4.85. The number of nitrogens with zero attached hydrogens (tertiary/aromatic N) is 2. The SMILES string of the molecule is Cc1ccc2nc(SC3CCCCN(C(=O)c4ccc(F)cc4)C3=O)[nH]c2c1. The average Bonchev–Trinajstić information content (AvgIpc) is 2.98. The molecule has 3 aromatic rings. The van der Waals surface area contributed by atoms with Crippen LogP contribution in [0.5, 0.6) is 0 Å². The van der Waals surface area contributed by atoms with Crippen LogP contribution >= 0.6 is 11.8 Å². The second-order valence-corrected chi connectivity index (χ2v) is 8.16. The molecule has 0 aliphatic carbocycles. The molecule has 2 heterocycles. The van der Waals surface area contributed by atoms with Crippen LogP contribution in [0.2, 0.25) is 0 Å². The van der Waals surface area contributed by atoms with Crippen molar-refractivity contribution in [3.63, 3.8) is 0 Å². The normalized spacial score (nSPS) is 17.7. The molecular formula is C21H20FN3O2S. The number of rotatable bonds is 3. The number of aryl methyl sites for hydroxylation is 1. The Morgan fingerprint density at radius 3 is 2.79 bits per heavy atom. The molecule has 1 aromatic heterocycles. The second-order valence-electron chi connectivity index (χ2n) is 6.97. The van der Waals surface area contributed by atoms with Crippen molar-refractivity contribution in [2.24, 2.45) is 0 Å². The molecule has 144 valence electrons. The van der Waals surface area contributed by atoms with Gasteiger partial charge in [0.2, 0.25) is 5.91 Å². The largest absolute Gasteiger partial charge is 0.333 e. The van der Waals surface area contributed by atoms with Crippen molar-refractivity contribution in [2.45, 2.75) is 36.6 Å². The van der Waals surface area contributed by atoms with E-state index in [-0.39, 0.29) is 17.1 Å². The molecule has 1 aliphatic rings. The molecular weight excluding hydrogens is 377 g/mol. The van der Waals surface area contributed by atoms with Crippen LogP contribution in [0.3, 0.4) is 0 Å². The average molecular weight is 397 g/mol. The molecule has 1 fully saturated rings. The van der Waals surface area contributed by atoms with Crippen molar-refractivity contribution >= 4 is 34.6 Å². The minimum Gasteiger partial charge on any atom is -0.333 e. The van der Waals surface area contributed by atoms with Gasteiger partial charge in [0.15, 0.2) is 5.16 Å². The summed E-state index contributed by atoms with van der Waals surface area (Å²) in [5, 5.41) is 0.295. The highest BCUT2D eigenvalue weighted by molar-refractivity contribution is 8.00. The number of fused-ring (bicyclic) bond motifs is 1. The number of nitrogens with one attached hydrogen (secondary N) is 1. The quantitative estimate of drug-likeness (QED) is 0.669. The molecule has 2 amide bonds. The highest BCUT2D eigenvalue weighted by Gasteiger charge is 2.32. The molecule has 1 unspecified atom stereocenters. The van der Waals surface area contributed by atoms with E-state index in [1.165, 1.54) is 40.9 Å². The van der Waals surface area contributed by atoms with E-state index >= 15 is 0 Å². The summed E-state index contributed by atoms with van der Waals surface area (Å²) >= 11 is 1.37. The monoisotopic (exact) mass is 397 g/mol. The van der Waals surface area contributed by atoms with Crippen LogP contribution in [-0.4, -0.2) is 38.5 Å². The first-order valence-corrected chi connectivity index (χ1v) is 10.1. The Hall–Kier alpha value is -2.67. The zero-order valence-corrected chi connectivity index (χ0v) is 16.3. The summed E-state index contributed by atoms with van der Waals surface area (Å²) in [6.45, 7) is 2.40. The van der Waals surface area contributed by atoms with Gasteiger partial charge in [0.1, 0.15) is 5.82 Å². The number of carbonyl (C=O) groups excluding carboxylic acids is 2. The fourth-order valence-electron chi connectivity index (χ4n) is 3.36. The van der Waals surface area contributed by atoms with Crippen molar-refractivity contribution < 1.29 is 14.0 Å². The topological polar surface area (TPSA) is 66.1 Å². The summed E-state index contributed by atoms with van der Waals surface area (Å²) in [6.07, 6.45) is 2.30. The number of H-pyrrole nitrogens is 1. The van der Waals surface area contributed by atoms with Crippen molar-refractivity contribution in [1.29, 1.82) is 0 Å². The molecule has 1 N–H and O–H groups in total. The number of imidazole rings is 1. The Morgan fingerprint density at radius 2 is 2.00 bits per heavy atom. The van der Waals surface area contributed by atoms with Crippen LogP contribution in [-0.2, 0) is 4.79 Å². The number of aromatic nitrogens is 2. The molecule has 5 nitrogen and oxygen atoms in total. The Balaban J connectivity index is 1.55. The number of aromatic amines is 1. The number of likely N-dealkylation sites (tertiary alicyclic amines) is 1. The van der Waals surface area contributed by atoms with Crippen LogP contribution < -0.4 is 0 Å². The summed E-state index contributed by atoms with van der Waals surface area (Å²) in [6, 6.07) is 11.3. The number of benzene rings is 2. The molecule has 4 rings (SSSR count). The lowest BCUT2D eigenvalue weighted by molar-refractivity contribution is -0.127. The van der Waals surface area contributed by atoms with Gasteiger partial charge in [-0.15, -0.1) is 0 Å². The van der Waals surface area contributed by atoms with Crippen LogP contribution in [0.15, 0.2) is 47.6 Å². The number of thioether (sulfide) groups is 1. The maximum atomic E-state index is 13.1. The molecule has 0 bridgehead atoms. The molecule has 2 aromatic carbocycles. The van der Waals surface area contributed by atoms with Crippen LogP contribution in [0.25, 0.3) is 11.0 Å². The highest BCUT2D eigenvalue weighted by atomic mass is 32.2. The molecule has 0 saturated carbocycles. The minimum absolute atomic E-state index is 0.214. The Labute approximate surface area is 166 Å². The van der Waals surface area contributed by atoms with Gasteiger partial charge in [-0.1, -0.05) is 24.2 Å². The fourth-order valence-corrected chi connectivity index (χ4v) is 4.46. The van der Waals surface area contributed by atoms with Gasteiger partial charge in [-0.05, 0) is 61.7 Å². The summed E-state index contributed by atoms with van der Waals surface area (Å²) in [4.78, 5) is 35.0. The molecule has 1 atom stereocenters. The van der Waals surface area contributed by atoms with Gasteiger partial charge in [0.05, 0.1) is 16.3 Å². The summed E-state index contributed by atoms with van der Waals surface area (Å²) < 4.78 is 13.1. The van der Waals surface area contributed by atoms with Crippen molar-refractivity contribution in [1.82, 2.24) is 14.9 Å². The number of halogens is 1. The third-order valence-corrected chi connectivity index (χ3v) is 5.98. The zero-order valence-electron chi connectivity index (χ0n) is 15.4. The van der Waals surface area contributed by atoms with E-state index in [0.29, 0.717) is 23.7 Å². The number of amides is 2. The number of imide groups is 1. The van der Waals surface area contributed by atoms with E-state index in [0.717, 1.165) is 29.4 Å². The van der Waals surface area contributed by atoms with E-state index < -0.39 is 5.82 Å². The molecule has 0 spiro atoms. The zero-order chi connectivity index (χ0) is 19.7.